The molecule has 2 heterocycles. The smallest absolute Gasteiger partial charge is 0.358 e. The molecule has 0 saturated carbocycles. The standard InChI is InChI=1S/C10H11N7O3/c1-16-5-6(3-13-16)14-10(18)7-2-9(17(19)20)12-4-8(7)15-11/h2-5,15H,11H2,1H3,(H,14,18). The number of hydrogen-bond acceptors (Lipinski definition) is 7. The Labute approximate surface area is 112 Å². The van der Waals surface area contributed by atoms with Crippen molar-refractivity contribution in [3.05, 3.63) is 40.3 Å². The highest BCUT2D eigenvalue weighted by Gasteiger charge is 2.18. The third-order valence-electron chi connectivity index (χ3n) is 2.44. The number of nitrogens with zero attached hydrogens (tertiary/aromatic N) is 4. The summed E-state index contributed by atoms with van der Waals surface area (Å²) in [5, 5.41) is 17.1. The van der Waals surface area contributed by atoms with Crippen LogP contribution in [-0.4, -0.2) is 25.6 Å². The maximum atomic E-state index is 12.1. The normalized spacial score (nSPS) is 10.1. The van der Waals surface area contributed by atoms with Gasteiger partial charge in [0.05, 0.1) is 23.5 Å². The zero-order valence-corrected chi connectivity index (χ0v) is 10.4. The molecule has 1 amide bonds. The van der Waals surface area contributed by atoms with Gasteiger partial charge in [-0.05, 0) is 9.91 Å². The number of aromatic nitrogens is 3. The minimum Gasteiger partial charge on any atom is -0.358 e. The largest absolute Gasteiger partial charge is 0.364 e. The first kappa shape index (κ1) is 13.4. The van der Waals surface area contributed by atoms with Crippen LogP contribution in [0.5, 0.6) is 0 Å². The summed E-state index contributed by atoms with van der Waals surface area (Å²) in [6.45, 7) is 0. The zero-order chi connectivity index (χ0) is 14.7. The van der Waals surface area contributed by atoms with Gasteiger partial charge in [-0.1, -0.05) is 0 Å². The molecule has 2 aromatic rings. The van der Waals surface area contributed by atoms with Crippen molar-refractivity contribution >= 4 is 23.1 Å². The molecule has 4 N–H and O–H groups in total. The lowest BCUT2D eigenvalue weighted by atomic mass is 10.2. The number of hydrogen-bond donors (Lipinski definition) is 3. The lowest BCUT2D eigenvalue weighted by molar-refractivity contribution is -0.389. The second kappa shape index (κ2) is 5.32. The molecular formula is C10H11N7O3. The van der Waals surface area contributed by atoms with Crippen LogP contribution in [0.3, 0.4) is 0 Å². The monoisotopic (exact) mass is 277 g/mol. The summed E-state index contributed by atoms with van der Waals surface area (Å²) in [5.41, 5.74) is 2.91. The van der Waals surface area contributed by atoms with Gasteiger partial charge >= 0.3 is 5.82 Å². The number of nitrogens with one attached hydrogen (secondary N) is 2. The first-order valence-corrected chi connectivity index (χ1v) is 5.42. The van der Waals surface area contributed by atoms with Crippen LogP contribution in [0.1, 0.15) is 10.4 Å². The first-order valence-electron chi connectivity index (χ1n) is 5.42. The number of rotatable bonds is 4. The molecule has 0 aliphatic rings. The van der Waals surface area contributed by atoms with Gasteiger partial charge in [0, 0.05) is 13.2 Å². The average molecular weight is 277 g/mol. The SMILES string of the molecule is Cn1cc(NC(=O)c2cc([N+](=O)[O-])ncc2NN)cn1. The van der Waals surface area contributed by atoms with Crippen molar-refractivity contribution in [1.29, 1.82) is 0 Å². The van der Waals surface area contributed by atoms with Crippen molar-refractivity contribution < 1.29 is 9.72 Å². The van der Waals surface area contributed by atoms with E-state index in [9.17, 15) is 14.9 Å². The van der Waals surface area contributed by atoms with E-state index in [2.05, 4.69) is 20.8 Å². The van der Waals surface area contributed by atoms with Gasteiger partial charge in [-0.2, -0.15) is 5.10 Å². The van der Waals surface area contributed by atoms with E-state index in [1.165, 1.54) is 10.9 Å². The molecule has 0 aromatic carbocycles. The van der Waals surface area contributed by atoms with Crippen LogP contribution >= 0.6 is 0 Å². The van der Waals surface area contributed by atoms with Gasteiger partial charge in [-0.3, -0.25) is 15.3 Å². The number of nitrogens with two attached hydrogens (primary N) is 1. The van der Waals surface area contributed by atoms with Crippen molar-refractivity contribution in [3.63, 3.8) is 0 Å². The van der Waals surface area contributed by atoms with Gasteiger partial charge in [0.15, 0.2) is 6.20 Å². The number of nitrogen functional groups attached to an aromatic ring is 1. The summed E-state index contributed by atoms with van der Waals surface area (Å²) in [6, 6.07) is 1.04. The van der Waals surface area contributed by atoms with Crippen molar-refractivity contribution in [3.8, 4) is 0 Å². The second-order valence-corrected chi connectivity index (χ2v) is 3.85. The highest BCUT2D eigenvalue weighted by Crippen LogP contribution is 2.20. The molecule has 0 aliphatic heterocycles. The highest BCUT2D eigenvalue weighted by atomic mass is 16.6. The molecule has 104 valence electrons. The molecule has 0 bridgehead atoms. The third kappa shape index (κ3) is 2.70. The second-order valence-electron chi connectivity index (χ2n) is 3.85. The number of pyridine rings is 1. The molecule has 0 unspecified atom stereocenters. The fourth-order valence-corrected chi connectivity index (χ4v) is 1.53. The van der Waals surface area contributed by atoms with Crippen LogP contribution in [0.25, 0.3) is 0 Å². The molecule has 0 aliphatic carbocycles. The lowest BCUT2D eigenvalue weighted by Gasteiger charge is -2.06. The quantitative estimate of drug-likeness (QED) is 0.413. The van der Waals surface area contributed by atoms with E-state index in [1.54, 1.807) is 13.2 Å². The topological polar surface area (TPSA) is 141 Å². The Kier molecular flexibility index (Phi) is 3.57. The fraction of sp³-hybridized carbons (Fsp3) is 0.100. The minimum absolute atomic E-state index is 0.0121. The summed E-state index contributed by atoms with van der Waals surface area (Å²) in [5.74, 6) is 4.25. The van der Waals surface area contributed by atoms with E-state index in [1.807, 2.05) is 0 Å². The number of hydrazine groups is 1. The van der Waals surface area contributed by atoms with Gasteiger partial charge in [0.2, 0.25) is 0 Å². The summed E-state index contributed by atoms with van der Waals surface area (Å²) >= 11 is 0. The van der Waals surface area contributed by atoms with Crippen LogP contribution in [0, 0.1) is 10.1 Å². The Morgan fingerprint density at radius 1 is 1.50 bits per heavy atom. The number of amides is 1. The summed E-state index contributed by atoms with van der Waals surface area (Å²) in [4.78, 5) is 25.6. The molecule has 10 heteroatoms. The molecule has 10 nitrogen and oxygen atoms in total. The molecule has 0 radical (unpaired) electrons. The van der Waals surface area contributed by atoms with E-state index < -0.39 is 16.6 Å². The molecule has 20 heavy (non-hydrogen) atoms. The predicted molar refractivity (Wildman–Crippen MR) is 69.9 cm³/mol. The molecular weight excluding hydrogens is 266 g/mol. The van der Waals surface area contributed by atoms with Gasteiger partial charge in [-0.15, -0.1) is 0 Å². The molecule has 0 atom stereocenters. The van der Waals surface area contributed by atoms with Crippen molar-refractivity contribution in [1.82, 2.24) is 14.8 Å². The Hall–Kier alpha value is -3.01. The lowest BCUT2D eigenvalue weighted by Crippen LogP contribution is -2.18. The van der Waals surface area contributed by atoms with E-state index >= 15 is 0 Å². The summed E-state index contributed by atoms with van der Waals surface area (Å²) in [6.07, 6.45) is 4.16. The predicted octanol–water partition coefficient (Wildman–Crippen LogP) is 0.261. The van der Waals surface area contributed by atoms with Crippen molar-refractivity contribution in [2.24, 2.45) is 12.9 Å². The average Bonchev–Trinajstić information content (AvgIpc) is 2.83. The number of aryl methyl sites for hydroxylation is 1. The van der Waals surface area contributed by atoms with E-state index in [-0.39, 0.29) is 11.3 Å². The van der Waals surface area contributed by atoms with Crippen molar-refractivity contribution in [2.75, 3.05) is 10.7 Å². The van der Waals surface area contributed by atoms with E-state index in [4.69, 9.17) is 5.84 Å². The minimum atomic E-state index is -0.693. The third-order valence-corrected chi connectivity index (χ3v) is 2.44. The Balaban J connectivity index is 2.32. The van der Waals surface area contributed by atoms with Gasteiger partial charge in [-0.25, -0.2) is 0 Å². The molecule has 0 saturated heterocycles. The summed E-state index contributed by atoms with van der Waals surface area (Å²) in [7, 11) is 1.69. The van der Waals surface area contributed by atoms with Crippen LogP contribution in [0.4, 0.5) is 17.2 Å². The number of carbonyl (C=O) groups excluding carboxylic acids is 1. The van der Waals surface area contributed by atoms with Gasteiger partial charge in [0.25, 0.3) is 5.91 Å². The van der Waals surface area contributed by atoms with Crippen LogP contribution in [-0.2, 0) is 7.05 Å². The summed E-state index contributed by atoms with van der Waals surface area (Å²) < 4.78 is 1.51. The molecule has 2 aromatic heterocycles. The van der Waals surface area contributed by atoms with Crippen LogP contribution in [0.2, 0.25) is 0 Å². The van der Waals surface area contributed by atoms with Gasteiger partial charge in [0.1, 0.15) is 5.69 Å². The zero-order valence-electron chi connectivity index (χ0n) is 10.4. The van der Waals surface area contributed by atoms with Crippen LogP contribution in [0.15, 0.2) is 24.7 Å². The maximum absolute atomic E-state index is 12.1. The Morgan fingerprint density at radius 2 is 2.25 bits per heavy atom. The van der Waals surface area contributed by atoms with E-state index in [0.29, 0.717) is 5.69 Å². The Bertz CT molecular complexity index is 667. The maximum Gasteiger partial charge on any atom is 0.364 e. The fourth-order valence-electron chi connectivity index (χ4n) is 1.53. The van der Waals surface area contributed by atoms with E-state index in [0.717, 1.165) is 12.3 Å². The number of nitro groups is 1. The molecule has 0 fully saturated rings. The van der Waals surface area contributed by atoms with Gasteiger partial charge < -0.3 is 20.9 Å². The Morgan fingerprint density at radius 3 is 2.80 bits per heavy atom. The highest BCUT2D eigenvalue weighted by molar-refractivity contribution is 6.08. The van der Waals surface area contributed by atoms with Crippen LogP contribution < -0.4 is 16.6 Å². The first-order chi connectivity index (χ1) is 9.51. The molecule has 2 rings (SSSR count). The number of carbonyl (C=O) groups is 1. The number of anilines is 2. The van der Waals surface area contributed by atoms with Crippen molar-refractivity contribution in [2.45, 2.75) is 0 Å². The molecule has 0 spiro atoms.